The van der Waals surface area contributed by atoms with Gasteiger partial charge in [0.2, 0.25) is 0 Å². The number of likely N-dealkylation sites (tertiary alicyclic amines) is 1. The summed E-state index contributed by atoms with van der Waals surface area (Å²) < 4.78 is 26.2. The summed E-state index contributed by atoms with van der Waals surface area (Å²) >= 11 is 1.58. The molecule has 3 rings (SSSR count). The van der Waals surface area contributed by atoms with E-state index in [9.17, 15) is 8.78 Å². The van der Waals surface area contributed by atoms with E-state index in [1.54, 1.807) is 22.4 Å². The molecule has 1 aromatic heterocycles. The minimum atomic E-state index is -2.52. The van der Waals surface area contributed by atoms with Gasteiger partial charge < -0.3 is 0 Å². The predicted molar refractivity (Wildman–Crippen MR) is 72.4 cm³/mol. The maximum Gasteiger partial charge on any atom is 0.261 e. The Kier molecular flexibility index (Phi) is 3.33. The fourth-order valence-electron chi connectivity index (χ4n) is 2.26. The molecule has 0 N–H and O–H groups in total. The van der Waals surface area contributed by atoms with Crippen LogP contribution in [-0.4, -0.2) is 28.9 Å². The molecule has 1 aliphatic heterocycles. The van der Waals surface area contributed by atoms with Crippen LogP contribution < -0.4 is 0 Å². The number of aromatic nitrogens is 1. The molecule has 0 spiro atoms. The largest absolute Gasteiger partial charge is 0.292 e. The molecule has 0 saturated carbocycles. The average Bonchev–Trinajstić information content (AvgIpc) is 2.98. The van der Waals surface area contributed by atoms with Crippen LogP contribution in [0, 0.1) is 0 Å². The molecule has 5 heteroatoms. The Hall–Kier alpha value is -1.33. The molecule has 1 aromatic carbocycles. The summed E-state index contributed by atoms with van der Waals surface area (Å²) in [5.74, 6) is -2.52. The van der Waals surface area contributed by atoms with Crippen LogP contribution in [0.15, 0.2) is 36.5 Å². The summed E-state index contributed by atoms with van der Waals surface area (Å²) in [5.41, 5.74) is 1.07. The van der Waals surface area contributed by atoms with E-state index in [2.05, 4.69) is 4.98 Å². The van der Waals surface area contributed by atoms with E-state index in [-0.39, 0.29) is 13.0 Å². The third kappa shape index (κ3) is 2.98. The molecule has 1 aliphatic rings. The van der Waals surface area contributed by atoms with Crippen LogP contribution in [0.5, 0.6) is 0 Å². The maximum absolute atomic E-state index is 13.1. The molecule has 2 aromatic rings. The van der Waals surface area contributed by atoms with E-state index in [0.717, 1.165) is 15.4 Å². The normalized spacial score (nSPS) is 18.8. The zero-order chi connectivity index (χ0) is 13.3. The quantitative estimate of drug-likeness (QED) is 0.853. The number of hydrogen-bond donors (Lipinski definition) is 0. The van der Waals surface area contributed by atoms with Crippen LogP contribution in [0.4, 0.5) is 8.78 Å². The van der Waals surface area contributed by atoms with Crippen molar-refractivity contribution in [3.63, 3.8) is 0 Å². The molecule has 19 heavy (non-hydrogen) atoms. The summed E-state index contributed by atoms with van der Waals surface area (Å²) in [6, 6.07) is 9.92. The first-order valence-electron chi connectivity index (χ1n) is 6.23. The molecule has 2 nitrogen and oxygen atoms in total. The molecule has 1 saturated heterocycles. The van der Waals surface area contributed by atoms with Crippen molar-refractivity contribution in [1.82, 2.24) is 9.88 Å². The second kappa shape index (κ2) is 4.98. The summed E-state index contributed by atoms with van der Waals surface area (Å²) in [7, 11) is 0. The second-order valence-corrected chi connectivity index (χ2v) is 5.93. The topological polar surface area (TPSA) is 16.1 Å². The molecule has 0 aliphatic carbocycles. The van der Waals surface area contributed by atoms with E-state index in [1.807, 2.05) is 30.3 Å². The highest BCUT2D eigenvalue weighted by atomic mass is 32.1. The van der Waals surface area contributed by atoms with Crippen LogP contribution in [0.2, 0.25) is 0 Å². The van der Waals surface area contributed by atoms with Crippen LogP contribution in [0.25, 0.3) is 10.6 Å². The number of nitrogens with zero attached hydrogens (tertiary/aromatic N) is 2. The first kappa shape index (κ1) is 12.7. The summed E-state index contributed by atoms with van der Waals surface area (Å²) in [5, 5.41) is 0.946. The van der Waals surface area contributed by atoms with Crippen LogP contribution in [0.1, 0.15) is 11.3 Å². The van der Waals surface area contributed by atoms with Gasteiger partial charge in [0.1, 0.15) is 5.01 Å². The molecule has 0 bridgehead atoms. The Balaban J connectivity index is 1.69. The van der Waals surface area contributed by atoms with Gasteiger partial charge in [-0.15, -0.1) is 11.3 Å². The monoisotopic (exact) mass is 280 g/mol. The third-order valence-corrected chi connectivity index (χ3v) is 4.23. The number of halogens is 2. The van der Waals surface area contributed by atoms with Gasteiger partial charge in [0.25, 0.3) is 5.92 Å². The standard InChI is InChI=1S/C14H14F2N2S/c15-14(16)6-7-18(10-14)9-12-8-17-13(19-12)11-4-2-1-3-5-11/h1-5,8H,6-7,9-10H2. The fraction of sp³-hybridized carbons (Fsp3) is 0.357. The van der Waals surface area contributed by atoms with Crippen molar-refractivity contribution in [1.29, 1.82) is 0 Å². The molecule has 2 heterocycles. The predicted octanol–water partition coefficient (Wildman–Crippen LogP) is 3.65. The van der Waals surface area contributed by atoms with E-state index >= 15 is 0 Å². The minimum absolute atomic E-state index is 0.0304. The van der Waals surface area contributed by atoms with Crippen molar-refractivity contribution in [3.05, 3.63) is 41.4 Å². The second-order valence-electron chi connectivity index (χ2n) is 4.81. The Bertz CT molecular complexity index is 554. The van der Waals surface area contributed by atoms with Crippen molar-refractivity contribution in [2.45, 2.75) is 18.9 Å². The maximum atomic E-state index is 13.1. The summed E-state index contributed by atoms with van der Waals surface area (Å²) in [6.07, 6.45) is 1.76. The Morgan fingerprint density at radius 2 is 2.05 bits per heavy atom. The highest BCUT2D eigenvalue weighted by Gasteiger charge is 2.38. The number of alkyl halides is 2. The lowest BCUT2D eigenvalue weighted by Crippen LogP contribution is -2.24. The van der Waals surface area contributed by atoms with Crippen LogP contribution >= 0.6 is 11.3 Å². The van der Waals surface area contributed by atoms with Gasteiger partial charge in [0.05, 0.1) is 6.54 Å². The van der Waals surface area contributed by atoms with Gasteiger partial charge in [-0.25, -0.2) is 13.8 Å². The van der Waals surface area contributed by atoms with E-state index in [1.165, 1.54) is 0 Å². The Labute approximate surface area is 114 Å². The number of benzene rings is 1. The van der Waals surface area contributed by atoms with Gasteiger partial charge >= 0.3 is 0 Å². The molecular weight excluding hydrogens is 266 g/mol. The van der Waals surface area contributed by atoms with Crippen molar-refractivity contribution in [2.24, 2.45) is 0 Å². The average molecular weight is 280 g/mol. The van der Waals surface area contributed by atoms with Crippen LogP contribution in [0.3, 0.4) is 0 Å². The highest BCUT2D eigenvalue weighted by molar-refractivity contribution is 7.15. The molecule has 0 radical (unpaired) electrons. The third-order valence-electron chi connectivity index (χ3n) is 3.20. The molecule has 1 fully saturated rings. The van der Waals surface area contributed by atoms with E-state index in [4.69, 9.17) is 0 Å². The zero-order valence-corrected chi connectivity index (χ0v) is 11.2. The van der Waals surface area contributed by atoms with Crippen molar-refractivity contribution < 1.29 is 8.78 Å². The zero-order valence-electron chi connectivity index (χ0n) is 10.4. The van der Waals surface area contributed by atoms with E-state index < -0.39 is 5.92 Å². The van der Waals surface area contributed by atoms with Gasteiger partial charge in [0, 0.05) is 36.1 Å². The number of hydrogen-bond acceptors (Lipinski definition) is 3. The molecule has 0 unspecified atom stereocenters. The first-order chi connectivity index (χ1) is 9.12. The van der Waals surface area contributed by atoms with Gasteiger partial charge in [-0.3, -0.25) is 4.90 Å². The number of thiazole rings is 1. The van der Waals surface area contributed by atoms with E-state index in [0.29, 0.717) is 13.1 Å². The fourth-order valence-corrected chi connectivity index (χ4v) is 3.22. The molecule has 0 amide bonds. The lowest BCUT2D eigenvalue weighted by molar-refractivity contribution is 0.0116. The van der Waals surface area contributed by atoms with Crippen molar-refractivity contribution in [3.8, 4) is 10.6 Å². The molecule has 0 atom stereocenters. The van der Waals surface area contributed by atoms with Gasteiger partial charge in [-0.05, 0) is 0 Å². The number of rotatable bonds is 3. The van der Waals surface area contributed by atoms with Gasteiger partial charge in [0.15, 0.2) is 0 Å². The smallest absolute Gasteiger partial charge is 0.261 e. The van der Waals surface area contributed by atoms with Crippen LogP contribution in [-0.2, 0) is 6.54 Å². The molecule has 100 valence electrons. The summed E-state index contributed by atoms with van der Waals surface area (Å²) in [6.45, 7) is 0.900. The Morgan fingerprint density at radius 3 is 2.74 bits per heavy atom. The molecular formula is C14H14F2N2S. The Morgan fingerprint density at radius 1 is 1.26 bits per heavy atom. The SMILES string of the molecule is FC1(F)CCN(Cc2cnc(-c3ccccc3)s2)C1. The van der Waals surface area contributed by atoms with Gasteiger partial charge in [-0.2, -0.15) is 0 Å². The first-order valence-corrected chi connectivity index (χ1v) is 7.04. The lowest BCUT2D eigenvalue weighted by Gasteiger charge is -2.13. The van der Waals surface area contributed by atoms with Gasteiger partial charge in [-0.1, -0.05) is 30.3 Å². The highest BCUT2D eigenvalue weighted by Crippen LogP contribution is 2.30. The summed E-state index contributed by atoms with van der Waals surface area (Å²) in [4.78, 5) is 7.20. The van der Waals surface area contributed by atoms with Crippen molar-refractivity contribution >= 4 is 11.3 Å². The minimum Gasteiger partial charge on any atom is -0.292 e. The lowest BCUT2D eigenvalue weighted by atomic mass is 10.2. The van der Waals surface area contributed by atoms with Crippen molar-refractivity contribution in [2.75, 3.05) is 13.1 Å².